The van der Waals surface area contributed by atoms with E-state index in [1.165, 1.54) is 24.3 Å². The Kier molecular flexibility index (Phi) is 5.08. The standard InChI is InChI=1S/C15H28N.C7H6O3/c1-11(16(2,3)4)15-8-12-5-13(9-15)7-14(6-12)10-15;8-6-4-2-1-3-5(6)7(9)10/h11-14H,5-10H2,1-4H3;1-4,8H,(H,9,10)/q+1;/p-1. The van der Waals surface area contributed by atoms with Crippen LogP contribution in [0, 0.1) is 23.2 Å². The van der Waals surface area contributed by atoms with E-state index in [-0.39, 0.29) is 5.56 Å². The van der Waals surface area contributed by atoms with Gasteiger partial charge in [0.25, 0.3) is 0 Å². The highest BCUT2D eigenvalue weighted by Crippen LogP contribution is 2.62. The summed E-state index contributed by atoms with van der Waals surface area (Å²) in [5.74, 6) is 1.67. The van der Waals surface area contributed by atoms with Crippen LogP contribution in [0.15, 0.2) is 24.3 Å². The van der Waals surface area contributed by atoms with E-state index in [1.54, 1.807) is 38.5 Å². The fourth-order valence-electron chi connectivity index (χ4n) is 6.15. The molecule has 4 aliphatic rings. The van der Waals surface area contributed by atoms with Crippen molar-refractivity contribution >= 4 is 5.97 Å². The Balaban J connectivity index is 0.000000170. The molecule has 0 aromatic heterocycles. The number of nitrogens with zero attached hydrogens (tertiary/aromatic N) is 1. The summed E-state index contributed by atoms with van der Waals surface area (Å²) in [6, 6.07) is 6.38. The van der Waals surface area contributed by atoms with Gasteiger partial charge in [0.1, 0.15) is 0 Å². The third-order valence-electron chi connectivity index (χ3n) is 7.25. The summed E-state index contributed by atoms with van der Waals surface area (Å²) >= 11 is 0. The summed E-state index contributed by atoms with van der Waals surface area (Å²) in [5, 5.41) is 19.0. The zero-order valence-electron chi connectivity index (χ0n) is 16.6. The van der Waals surface area contributed by atoms with Gasteiger partial charge in [-0.3, -0.25) is 0 Å². The Morgan fingerprint density at radius 3 is 1.88 bits per heavy atom. The molecule has 5 rings (SSSR count). The lowest BCUT2D eigenvalue weighted by atomic mass is 9.47. The lowest BCUT2D eigenvalue weighted by Crippen LogP contribution is -2.59. The molecule has 0 aliphatic heterocycles. The van der Waals surface area contributed by atoms with Crippen molar-refractivity contribution in [3.05, 3.63) is 29.8 Å². The molecule has 0 spiro atoms. The summed E-state index contributed by atoms with van der Waals surface area (Å²) in [7, 11) is 7.18. The van der Waals surface area contributed by atoms with Gasteiger partial charge in [0.2, 0.25) is 0 Å². The SMILES string of the molecule is CC(C12CC3CC(CC(C3)C1)C2)[N+](C)(C)C.O=C(O)c1ccccc1[O-]. The molecule has 0 heterocycles. The normalized spacial score (nSPS) is 33.3. The Hall–Kier alpha value is -1.55. The molecule has 0 radical (unpaired) electrons. The summed E-state index contributed by atoms with van der Waals surface area (Å²) in [6.07, 6.45) is 9.37. The number of carbonyl (C=O) groups is 1. The Labute approximate surface area is 157 Å². The highest BCUT2D eigenvalue weighted by atomic mass is 16.4. The van der Waals surface area contributed by atoms with Crippen LogP contribution in [0.5, 0.6) is 5.75 Å². The maximum atomic E-state index is 10.7. The van der Waals surface area contributed by atoms with Crippen LogP contribution < -0.4 is 5.11 Å². The highest BCUT2D eigenvalue weighted by molar-refractivity contribution is 5.90. The Bertz CT molecular complexity index is 626. The number of hydrogen-bond donors (Lipinski definition) is 1. The Morgan fingerprint density at radius 1 is 1.08 bits per heavy atom. The van der Waals surface area contributed by atoms with E-state index in [0.29, 0.717) is 5.41 Å². The zero-order chi connectivity index (χ0) is 19.1. The molecule has 144 valence electrons. The van der Waals surface area contributed by atoms with Crippen LogP contribution in [-0.4, -0.2) is 42.7 Å². The van der Waals surface area contributed by atoms with E-state index in [4.69, 9.17) is 5.11 Å². The molecule has 1 unspecified atom stereocenters. The molecular weight excluding hydrogens is 326 g/mol. The first-order valence-electron chi connectivity index (χ1n) is 9.91. The Morgan fingerprint density at radius 2 is 1.54 bits per heavy atom. The molecule has 1 aromatic rings. The van der Waals surface area contributed by atoms with Gasteiger partial charge in [0, 0.05) is 5.41 Å². The van der Waals surface area contributed by atoms with Crippen molar-refractivity contribution < 1.29 is 19.5 Å². The van der Waals surface area contributed by atoms with Gasteiger partial charge in [-0.05, 0) is 69.3 Å². The second-order valence-electron chi connectivity index (χ2n) is 9.87. The van der Waals surface area contributed by atoms with E-state index in [1.807, 2.05) is 0 Å². The molecule has 4 aliphatic carbocycles. The van der Waals surface area contributed by atoms with Crippen LogP contribution in [0.2, 0.25) is 0 Å². The molecule has 4 nitrogen and oxygen atoms in total. The van der Waals surface area contributed by atoms with Crippen LogP contribution in [0.25, 0.3) is 0 Å². The molecule has 4 bridgehead atoms. The average molecular weight is 360 g/mol. The van der Waals surface area contributed by atoms with Crippen LogP contribution in [-0.2, 0) is 0 Å². The van der Waals surface area contributed by atoms with Crippen molar-refractivity contribution in [2.45, 2.75) is 51.5 Å². The summed E-state index contributed by atoms with van der Waals surface area (Å²) in [5.41, 5.74) is 0.537. The minimum Gasteiger partial charge on any atom is -0.872 e. The molecule has 4 saturated carbocycles. The third kappa shape index (κ3) is 3.75. The first-order valence-corrected chi connectivity index (χ1v) is 9.91. The largest absolute Gasteiger partial charge is 0.872 e. The number of carboxylic acids is 1. The monoisotopic (exact) mass is 359 g/mol. The predicted molar refractivity (Wildman–Crippen MR) is 101 cm³/mol. The van der Waals surface area contributed by atoms with Gasteiger partial charge in [-0.25, -0.2) is 4.79 Å². The lowest BCUT2D eigenvalue weighted by molar-refractivity contribution is -0.903. The van der Waals surface area contributed by atoms with Crippen LogP contribution in [0.1, 0.15) is 55.8 Å². The summed E-state index contributed by atoms with van der Waals surface area (Å²) in [4.78, 5) is 10.2. The molecule has 0 amide bonds. The van der Waals surface area contributed by atoms with Crippen molar-refractivity contribution in [2.75, 3.05) is 21.1 Å². The molecule has 4 heteroatoms. The van der Waals surface area contributed by atoms with E-state index >= 15 is 0 Å². The van der Waals surface area contributed by atoms with Gasteiger partial charge in [-0.15, -0.1) is 0 Å². The minimum absolute atomic E-state index is 0.178. The molecule has 26 heavy (non-hydrogen) atoms. The van der Waals surface area contributed by atoms with Crippen LogP contribution >= 0.6 is 0 Å². The van der Waals surface area contributed by atoms with Gasteiger partial charge in [0.05, 0.1) is 32.7 Å². The summed E-state index contributed by atoms with van der Waals surface area (Å²) in [6.45, 7) is 2.52. The average Bonchev–Trinajstić information content (AvgIpc) is 2.53. The van der Waals surface area contributed by atoms with Gasteiger partial charge < -0.3 is 14.7 Å². The fourth-order valence-corrected chi connectivity index (χ4v) is 6.15. The number of rotatable bonds is 3. The second-order valence-corrected chi connectivity index (χ2v) is 9.87. The van der Waals surface area contributed by atoms with Crippen molar-refractivity contribution in [3.8, 4) is 5.75 Å². The molecule has 1 aromatic carbocycles. The van der Waals surface area contributed by atoms with Gasteiger partial charge in [-0.2, -0.15) is 0 Å². The number of quaternary nitrogens is 1. The van der Waals surface area contributed by atoms with Crippen molar-refractivity contribution in [1.29, 1.82) is 0 Å². The zero-order valence-corrected chi connectivity index (χ0v) is 16.6. The summed E-state index contributed by atoms with van der Waals surface area (Å²) < 4.78 is 1.16. The first-order chi connectivity index (χ1) is 12.1. The topological polar surface area (TPSA) is 60.4 Å². The smallest absolute Gasteiger partial charge is 0.335 e. The third-order valence-corrected chi connectivity index (χ3v) is 7.25. The van der Waals surface area contributed by atoms with E-state index in [9.17, 15) is 9.90 Å². The molecule has 1 atom stereocenters. The van der Waals surface area contributed by atoms with Gasteiger partial charge in [0.15, 0.2) is 0 Å². The number of aromatic carboxylic acids is 1. The van der Waals surface area contributed by atoms with Crippen LogP contribution in [0.4, 0.5) is 0 Å². The molecule has 0 saturated heterocycles. The van der Waals surface area contributed by atoms with Gasteiger partial charge in [-0.1, -0.05) is 23.9 Å². The fraction of sp³-hybridized carbons (Fsp3) is 0.682. The predicted octanol–water partition coefficient (Wildman–Crippen LogP) is 3.76. The first kappa shape index (κ1) is 19.2. The van der Waals surface area contributed by atoms with Crippen LogP contribution in [0.3, 0.4) is 0 Å². The van der Waals surface area contributed by atoms with Crippen molar-refractivity contribution in [1.82, 2.24) is 0 Å². The quantitative estimate of drug-likeness (QED) is 0.836. The van der Waals surface area contributed by atoms with E-state index < -0.39 is 11.7 Å². The molecular formula is C22H33NO3. The number of carboxylic acid groups (broad SMARTS) is 1. The lowest BCUT2D eigenvalue weighted by Gasteiger charge is -2.60. The number of benzene rings is 1. The molecule has 1 N–H and O–H groups in total. The van der Waals surface area contributed by atoms with E-state index in [0.717, 1.165) is 28.3 Å². The number of hydrogen-bond acceptors (Lipinski definition) is 2. The maximum Gasteiger partial charge on any atom is 0.335 e. The van der Waals surface area contributed by atoms with Crippen molar-refractivity contribution in [3.63, 3.8) is 0 Å². The van der Waals surface area contributed by atoms with Crippen molar-refractivity contribution in [2.24, 2.45) is 23.2 Å². The van der Waals surface area contributed by atoms with Gasteiger partial charge >= 0.3 is 5.97 Å². The molecule has 4 fully saturated rings. The highest BCUT2D eigenvalue weighted by Gasteiger charge is 2.56. The maximum absolute atomic E-state index is 10.7. The number of para-hydroxylation sites is 1. The second kappa shape index (κ2) is 6.88. The van der Waals surface area contributed by atoms with E-state index in [2.05, 4.69) is 28.1 Å². The minimum atomic E-state index is -1.18.